The van der Waals surface area contributed by atoms with E-state index in [9.17, 15) is 4.79 Å². The minimum absolute atomic E-state index is 0.0301. The first kappa shape index (κ1) is 15.8. The lowest BCUT2D eigenvalue weighted by Gasteiger charge is -2.24. The second-order valence-corrected chi connectivity index (χ2v) is 7.52. The Bertz CT molecular complexity index is 369. The normalized spacial score (nSPS) is 35.9. The fraction of sp³-hybridized carbons (Fsp3) is 0.938. The number of hydrogen-bond donors (Lipinski definition) is 0. The Morgan fingerprint density at radius 2 is 1.75 bits per heavy atom. The van der Waals surface area contributed by atoms with Crippen LogP contribution in [0.2, 0.25) is 0 Å². The summed E-state index contributed by atoms with van der Waals surface area (Å²) in [4.78, 5) is 12.0. The predicted molar refractivity (Wildman–Crippen MR) is 76.2 cm³/mol. The van der Waals surface area contributed by atoms with Crippen molar-refractivity contribution < 1.29 is 19.0 Å². The van der Waals surface area contributed by atoms with Crippen LogP contribution in [0.15, 0.2) is 0 Å². The smallest absolute Gasteiger partial charge is 0.306 e. The maximum absolute atomic E-state index is 12.0. The van der Waals surface area contributed by atoms with Crippen molar-refractivity contribution in [2.75, 3.05) is 0 Å². The van der Waals surface area contributed by atoms with E-state index in [0.717, 1.165) is 12.8 Å². The van der Waals surface area contributed by atoms with Gasteiger partial charge >= 0.3 is 5.97 Å². The van der Waals surface area contributed by atoms with E-state index in [4.69, 9.17) is 14.2 Å². The number of fused-ring (bicyclic) bond motifs is 1. The summed E-state index contributed by atoms with van der Waals surface area (Å²) >= 11 is 0. The highest BCUT2D eigenvalue weighted by atomic mass is 16.8. The molecule has 4 heteroatoms. The Morgan fingerprint density at radius 1 is 1.20 bits per heavy atom. The molecule has 1 aliphatic carbocycles. The van der Waals surface area contributed by atoms with E-state index in [1.54, 1.807) is 0 Å². The molecule has 2 fully saturated rings. The summed E-state index contributed by atoms with van der Waals surface area (Å²) in [6, 6.07) is 0. The fourth-order valence-electron chi connectivity index (χ4n) is 3.40. The van der Waals surface area contributed by atoms with Gasteiger partial charge in [0.05, 0.1) is 18.6 Å². The van der Waals surface area contributed by atoms with Crippen LogP contribution in [0.3, 0.4) is 0 Å². The molecule has 4 nitrogen and oxygen atoms in total. The molecule has 116 valence electrons. The van der Waals surface area contributed by atoms with E-state index in [2.05, 4.69) is 6.92 Å². The molecule has 20 heavy (non-hydrogen) atoms. The topological polar surface area (TPSA) is 44.8 Å². The molecule has 1 saturated heterocycles. The molecule has 1 heterocycles. The summed E-state index contributed by atoms with van der Waals surface area (Å²) in [6.07, 6.45) is 2.63. The first-order valence-corrected chi connectivity index (χ1v) is 7.69. The highest BCUT2D eigenvalue weighted by Crippen LogP contribution is 2.47. The number of carbonyl (C=O) groups is 1. The summed E-state index contributed by atoms with van der Waals surface area (Å²) in [5.74, 6) is 0.0251. The summed E-state index contributed by atoms with van der Waals surface area (Å²) in [5.41, 5.74) is -0.425. The Morgan fingerprint density at radius 3 is 2.25 bits per heavy atom. The van der Waals surface area contributed by atoms with Gasteiger partial charge in [-0.15, -0.1) is 0 Å². The van der Waals surface area contributed by atoms with Gasteiger partial charge in [0.1, 0.15) is 5.60 Å². The maximum atomic E-state index is 12.0. The van der Waals surface area contributed by atoms with Crippen molar-refractivity contribution in [3.63, 3.8) is 0 Å². The third-order valence-corrected chi connectivity index (χ3v) is 4.07. The van der Waals surface area contributed by atoms with Gasteiger partial charge in [-0.1, -0.05) is 13.3 Å². The molecular formula is C16H28O4. The molecule has 1 saturated carbocycles. The molecule has 0 spiro atoms. The van der Waals surface area contributed by atoms with Crippen molar-refractivity contribution in [3.8, 4) is 0 Å². The molecule has 0 aromatic carbocycles. The number of ether oxygens (including phenoxy) is 3. The minimum atomic E-state index is -0.532. The molecule has 0 aromatic rings. The fourth-order valence-corrected chi connectivity index (χ4v) is 3.40. The number of esters is 1. The minimum Gasteiger partial charge on any atom is -0.460 e. The molecule has 1 aliphatic heterocycles. The Hall–Kier alpha value is -0.610. The highest BCUT2D eigenvalue weighted by Gasteiger charge is 2.53. The molecule has 0 bridgehead atoms. The van der Waals surface area contributed by atoms with Crippen LogP contribution in [0.4, 0.5) is 0 Å². The molecule has 0 amide bonds. The quantitative estimate of drug-likeness (QED) is 0.746. The monoisotopic (exact) mass is 284 g/mol. The van der Waals surface area contributed by atoms with E-state index in [0.29, 0.717) is 12.3 Å². The van der Waals surface area contributed by atoms with Gasteiger partial charge < -0.3 is 14.2 Å². The van der Waals surface area contributed by atoms with Gasteiger partial charge in [-0.05, 0) is 52.9 Å². The van der Waals surface area contributed by atoms with Crippen molar-refractivity contribution in [1.29, 1.82) is 0 Å². The van der Waals surface area contributed by atoms with E-state index in [1.165, 1.54) is 0 Å². The summed E-state index contributed by atoms with van der Waals surface area (Å²) < 4.78 is 17.5. The van der Waals surface area contributed by atoms with Crippen LogP contribution in [0.5, 0.6) is 0 Å². The molecular weight excluding hydrogens is 256 g/mol. The van der Waals surface area contributed by atoms with Crippen molar-refractivity contribution in [2.24, 2.45) is 11.8 Å². The number of carbonyl (C=O) groups excluding carboxylic acids is 1. The van der Waals surface area contributed by atoms with Crippen LogP contribution in [-0.2, 0) is 19.0 Å². The number of hydrogen-bond acceptors (Lipinski definition) is 4. The first-order valence-electron chi connectivity index (χ1n) is 7.69. The van der Waals surface area contributed by atoms with Crippen LogP contribution < -0.4 is 0 Å². The summed E-state index contributed by atoms with van der Waals surface area (Å²) in [5, 5.41) is 0. The standard InChI is InChI=1S/C16H28O4/c1-7-10-8-11(9-12(17)18-15(2,3)4)14-13(10)19-16(5,6)20-14/h10-11,13-14H,7-9H2,1-6H3/t10-,11-,13+,14-/m0/s1. The molecule has 0 N–H and O–H groups in total. The molecule has 0 radical (unpaired) electrons. The highest BCUT2D eigenvalue weighted by molar-refractivity contribution is 5.70. The SMILES string of the molecule is CC[C@H]1C[C@@H](CC(=O)OC(C)(C)C)[C@@H]2OC(C)(C)O[C@H]12. The van der Waals surface area contributed by atoms with Crippen LogP contribution in [0.1, 0.15) is 60.8 Å². The molecule has 0 unspecified atom stereocenters. The third-order valence-electron chi connectivity index (χ3n) is 4.07. The maximum Gasteiger partial charge on any atom is 0.306 e. The van der Waals surface area contributed by atoms with Crippen LogP contribution >= 0.6 is 0 Å². The van der Waals surface area contributed by atoms with E-state index >= 15 is 0 Å². The van der Waals surface area contributed by atoms with Gasteiger partial charge in [0.15, 0.2) is 5.79 Å². The van der Waals surface area contributed by atoms with E-state index in [-0.39, 0.29) is 24.1 Å². The zero-order chi connectivity index (χ0) is 15.1. The zero-order valence-electron chi connectivity index (χ0n) is 13.6. The predicted octanol–water partition coefficient (Wildman–Crippen LogP) is 3.28. The molecule has 4 atom stereocenters. The van der Waals surface area contributed by atoms with Gasteiger partial charge in [0.25, 0.3) is 0 Å². The summed E-state index contributed by atoms with van der Waals surface area (Å²) in [6.45, 7) is 11.8. The largest absolute Gasteiger partial charge is 0.460 e. The Labute approximate surface area is 122 Å². The second-order valence-electron chi connectivity index (χ2n) is 7.52. The average molecular weight is 284 g/mol. The molecule has 0 aromatic heterocycles. The molecule has 2 aliphatic rings. The van der Waals surface area contributed by atoms with Crippen LogP contribution in [0.25, 0.3) is 0 Å². The molecule has 2 rings (SSSR count). The Kier molecular flexibility index (Phi) is 4.18. The van der Waals surface area contributed by atoms with Gasteiger partial charge in [-0.25, -0.2) is 0 Å². The Balaban J connectivity index is 2.00. The van der Waals surface area contributed by atoms with Crippen molar-refractivity contribution >= 4 is 5.97 Å². The van der Waals surface area contributed by atoms with E-state index in [1.807, 2.05) is 34.6 Å². The lowest BCUT2D eigenvalue weighted by molar-refractivity contribution is -0.168. The van der Waals surface area contributed by atoms with Crippen LogP contribution in [0, 0.1) is 11.8 Å². The van der Waals surface area contributed by atoms with Gasteiger partial charge in [-0.3, -0.25) is 4.79 Å². The number of rotatable bonds is 3. The zero-order valence-corrected chi connectivity index (χ0v) is 13.6. The van der Waals surface area contributed by atoms with Gasteiger partial charge in [0, 0.05) is 0 Å². The van der Waals surface area contributed by atoms with Crippen LogP contribution in [-0.4, -0.2) is 29.6 Å². The average Bonchev–Trinajstić information content (AvgIpc) is 2.70. The third kappa shape index (κ3) is 3.53. The van der Waals surface area contributed by atoms with Crippen molar-refractivity contribution in [2.45, 2.75) is 84.4 Å². The first-order chi connectivity index (χ1) is 9.11. The van der Waals surface area contributed by atoms with Crippen molar-refractivity contribution in [1.82, 2.24) is 0 Å². The van der Waals surface area contributed by atoms with Gasteiger partial charge in [0.2, 0.25) is 0 Å². The van der Waals surface area contributed by atoms with Crippen molar-refractivity contribution in [3.05, 3.63) is 0 Å². The van der Waals surface area contributed by atoms with E-state index < -0.39 is 11.4 Å². The summed E-state index contributed by atoms with van der Waals surface area (Å²) in [7, 11) is 0. The lowest BCUT2D eigenvalue weighted by Crippen LogP contribution is -2.30. The second kappa shape index (κ2) is 5.30. The lowest BCUT2D eigenvalue weighted by atomic mass is 9.99. The van der Waals surface area contributed by atoms with Gasteiger partial charge in [-0.2, -0.15) is 0 Å².